The van der Waals surface area contributed by atoms with Gasteiger partial charge in [0.2, 0.25) is 0 Å². The quantitative estimate of drug-likeness (QED) is 0.244. The summed E-state index contributed by atoms with van der Waals surface area (Å²) >= 11 is 0. The van der Waals surface area contributed by atoms with Crippen LogP contribution in [0.5, 0.6) is 0 Å². The van der Waals surface area contributed by atoms with E-state index in [9.17, 15) is 4.79 Å². The molecule has 0 aromatic rings. The van der Waals surface area contributed by atoms with Crippen molar-refractivity contribution in [3.8, 4) is 0 Å². The first kappa shape index (κ1) is 23.2. The third-order valence-corrected chi connectivity index (χ3v) is 4.24. The van der Waals surface area contributed by atoms with Crippen molar-refractivity contribution in [2.24, 2.45) is 0 Å². The minimum Gasteiger partial charge on any atom is -0.434 e. The van der Waals surface area contributed by atoms with Crippen LogP contribution in [0.1, 0.15) is 103 Å². The van der Waals surface area contributed by atoms with Gasteiger partial charge in [0.15, 0.2) is 0 Å². The lowest BCUT2D eigenvalue weighted by atomic mass is 10.0. The number of unbranched alkanes of at least 4 members (excludes halogenated alkanes) is 13. The Kier molecular flexibility index (Phi) is 19.6. The number of hydrogen-bond acceptors (Lipinski definition) is 4. The van der Waals surface area contributed by atoms with Crippen LogP contribution in [0.25, 0.3) is 0 Å². The fourth-order valence-corrected chi connectivity index (χ4v) is 2.71. The number of carbonyl (C=O) groups excluding carboxylic acids is 1. The molecule has 0 rings (SSSR count). The Labute approximate surface area is 149 Å². The monoisotopic (exact) mass is 344 g/mol. The third-order valence-electron chi connectivity index (χ3n) is 4.24. The largest absolute Gasteiger partial charge is 0.508 e. The first-order valence-corrected chi connectivity index (χ1v) is 10.2. The number of ether oxygens (including phenoxy) is 2. The Morgan fingerprint density at radius 2 is 1.00 bits per heavy atom. The average molecular weight is 345 g/mol. The van der Waals surface area contributed by atoms with Crippen LogP contribution in [0.15, 0.2) is 0 Å². The number of rotatable bonds is 18. The van der Waals surface area contributed by atoms with Gasteiger partial charge in [-0.3, -0.25) is 0 Å². The molecular formula is C20H40O4. The van der Waals surface area contributed by atoms with Crippen LogP contribution in [0, 0.1) is 0 Å². The van der Waals surface area contributed by atoms with Gasteiger partial charge in [0.25, 0.3) is 0 Å². The van der Waals surface area contributed by atoms with Crippen LogP contribution in [-0.2, 0) is 9.47 Å². The Morgan fingerprint density at radius 1 is 0.625 bits per heavy atom. The van der Waals surface area contributed by atoms with Crippen LogP contribution >= 0.6 is 0 Å². The van der Waals surface area contributed by atoms with E-state index in [1.807, 2.05) is 0 Å². The van der Waals surface area contributed by atoms with Crippen molar-refractivity contribution in [2.45, 2.75) is 103 Å². The van der Waals surface area contributed by atoms with Gasteiger partial charge in [-0.15, -0.1) is 0 Å². The van der Waals surface area contributed by atoms with E-state index in [-0.39, 0.29) is 13.2 Å². The Balaban J connectivity index is 3.06. The first-order chi connectivity index (χ1) is 11.8. The van der Waals surface area contributed by atoms with Gasteiger partial charge in [-0.05, 0) is 6.42 Å². The highest BCUT2D eigenvalue weighted by Crippen LogP contribution is 2.12. The highest BCUT2D eigenvalue weighted by atomic mass is 16.7. The van der Waals surface area contributed by atoms with Gasteiger partial charge >= 0.3 is 6.16 Å². The third kappa shape index (κ3) is 19.3. The molecule has 4 heteroatoms. The number of aliphatic hydroxyl groups excluding tert-OH is 1. The minimum absolute atomic E-state index is 0.0340. The molecule has 1 N–H and O–H groups in total. The Bertz CT molecular complexity index is 256. The molecule has 0 saturated heterocycles. The van der Waals surface area contributed by atoms with Gasteiger partial charge in [0, 0.05) is 13.0 Å². The van der Waals surface area contributed by atoms with Gasteiger partial charge in [0.1, 0.15) is 0 Å². The van der Waals surface area contributed by atoms with E-state index >= 15 is 0 Å². The molecule has 0 aromatic heterocycles. The number of hydrogen-bond donors (Lipinski definition) is 1. The van der Waals surface area contributed by atoms with Crippen LogP contribution in [0.4, 0.5) is 4.79 Å². The summed E-state index contributed by atoms with van der Waals surface area (Å²) < 4.78 is 9.73. The SMILES string of the molecule is CCCCCCCCCCCCCCCCOC(=O)OCCCO. The fourth-order valence-electron chi connectivity index (χ4n) is 2.71. The second-order valence-electron chi connectivity index (χ2n) is 6.62. The number of aliphatic hydroxyl groups is 1. The molecule has 0 bridgehead atoms. The van der Waals surface area contributed by atoms with Crippen LogP contribution in [0.2, 0.25) is 0 Å². The zero-order chi connectivity index (χ0) is 17.7. The summed E-state index contributed by atoms with van der Waals surface area (Å²) in [5.74, 6) is 0. The maximum Gasteiger partial charge on any atom is 0.508 e. The van der Waals surface area contributed by atoms with Gasteiger partial charge in [-0.2, -0.15) is 0 Å². The molecule has 0 aliphatic carbocycles. The van der Waals surface area contributed by atoms with E-state index < -0.39 is 6.16 Å². The molecule has 0 fully saturated rings. The molecule has 0 amide bonds. The Hall–Kier alpha value is -0.770. The molecule has 0 atom stereocenters. The maximum absolute atomic E-state index is 11.1. The molecule has 144 valence electrons. The second kappa shape index (κ2) is 20.3. The van der Waals surface area contributed by atoms with E-state index in [0.29, 0.717) is 13.0 Å². The molecule has 0 unspecified atom stereocenters. The molecule has 0 aliphatic heterocycles. The zero-order valence-electron chi connectivity index (χ0n) is 15.9. The predicted molar refractivity (Wildman–Crippen MR) is 99.3 cm³/mol. The van der Waals surface area contributed by atoms with Crippen molar-refractivity contribution in [1.29, 1.82) is 0 Å². The summed E-state index contributed by atoms with van der Waals surface area (Å²) in [7, 11) is 0. The minimum atomic E-state index is -0.613. The molecule has 0 aliphatic rings. The standard InChI is InChI=1S/C20H40O4/c1-2-3-4-5-6-7-8-9-10-11-12-13-14-15-18-23-20(22)24-19-16-17-21/h21H,2-19H2,1H3. The molecular weight excluding hydrogens is 304 g/mol. The molecule has 0 radical (unpaired) electrons. The number of carbonyl (C=O) groups is 1. The normalized spacial score (nSPS) is 10.8. The highest BCUT2D eigenvalue weighted by molar-refractivity contribution is 5.59. The smallest absolute Gasteiger partial charge is 0.434 e. The van der Waals surface area contributed by atoms with Crippen LogP contribution in [0.3, 0.4) is 0 Å². The average Bonchev–Trinajstić information content (AvgIpc) is 2.58. The van der Waals surface area contributed by atoms with E-state index in [1.165, 1.54) is 77.0 Å². The van der Waals surface area contributed by atoms with E-state index in [4.69, 9.17) is 14.6 Å². The summed E-state index contributed by atoms with van der Waals surface area (Å²) in [6.07, 6.45) is 18.3. The summed E-state index contributed by atoms with van der Waals surface area (Å²) in [5.41, 5.74) is 0. The van der Waals surface area contributed by atoms with Crippen molar-refractivity contribution in [1.82, 2.24) is 0 Å². The lowest BCUT2D eigenvalue weighted by Gasteiger charge is -2.05. The van der Waals surface area contributed by atoms with Gasteiger partial charge < -0.3 is 14.6 Å². The molecule has 0 saturated carbocycles. The van der Waals surface area contributed by atoms with Crippen LogP contribution in [-0.4, -0.2) is 31.1 Å². The van der Waals surface area contributed by atoms with Crippen molar-refractivity contribution >= 4 is 6.16 Å². The lowest BCUT2D eigenvalue weighted by Crippen LogP contribution is -2.10. The van der Waals surface area contributed by atoms with Crippen molar-refractivity contribution in [3.63, 3.8) is 0 Å². The van der Waals surface area contributed by atoms with E-state index in [2.05, 4.69) is 6.92 Å². The molecule has 0 heterocycles. The highest BCUT2D eigenvalue weighted by Gasteiger charge is 2.02. The topological polar surface area (TPSA) is 55.8 Å². The molecule has 0 aromatic carbocycles. The molecule has 4 nitrogen and oxygen atoms in total. The zero-order valence-corrected chi connectivity index (χ0v) is 15.9. The summed E-state index contributed by atoms with van der Waals surface area (Å²) in [6, 6.07) is 0. The van der Waals surface area contributed by atoms with Crippen molar-refractivity contribution in [2.75, 3.05) is 19.8 Å². The lowest BCUT2D eigenvalue weighted by molar-refractivity contribution is 0.0502. The van der Waals surface area contributed by atoms with E-state index in [0.717, 1.165) is 12.8 Å². The van der Waals surface area contributed by atoms with Gasteiger partial charge in [-0.1, -0.05) is 90.4 Å². The van der Waals surface area contributed by atoms with Crippen molar-refractivity contribution in [3.05, 3.63) is 0 Å². The van der Waals surface area contributed by atoms with Gasteiger partial charge in [-0.25, -0.2) is 4.79 Å². The molecule has 0 spiro atoms. The molecule has 24 heavy (non-hydrogen) atoms. The predicted octanol–water partition coefficient (Wildman–Crippen LogP) is 6.00. The van der Waals surface area contributed by atoms with Crippen LogP contribution < -0.4 is 0 Å². The summed E-state index contributed by atoms with van der Waals surface area (Å²) in [5, 5.41) is 8.56. The van der Waals surface area contributed by atoms with Crippen molar-refractivity contribution < 1.29 is 19.4 Å². The first-order valence-electron chi connectivity index (χ1n) is 10.2. The second-order valence-corrected chi connectivity index (χ2v) is 6.62. The summed E-state index contributed by atoms with van der Waals surface area (Å²) in [6.45, 7) is 2.97. The maximum atomic E-state index is 11.1. The summed E-state index contributed by atoms with van der Waals surface area (Å²) in [4.78, 5) is 11.1. The van der Waals surface area contributed by atoms with E-state index in [1.54, 1.807) is 0 Å². The van der Waals surface area contributed by atoms with Gasteiger partial charge in [0.05, 0.1) is 13.2 Å². The fraction of sp³-hybridized carbons (Fsp3) is 0.950. The Morgan fingerprint density at radius 3 is 1.42 bits per heavy atom.